The zero-order valence-electron chi connectivity index (χ0n) is 7.94. The number of hydrogen-bond acceptors (Lipinski definition) is 5. The molecular weight excluding hydrogens is 254 g/mol. The van der Waals surface area contributed by atoms with E-state index < -0.39 is 0 Å². The standard InChI is InChI=1S/C8H9N3OS2.ClH/c1-9-4-6(12)11-8-10-5-2-3-13-7(5)14-8;/h2-3,9H,4H2,1H3,(H,10,11,12);1H. The van der Waals surface area contributed by atoms with Gasteiger partial charge in [-0.05, 0) is 18.5 Å². The van der Waals surface area contributed by atoms with Crippen molar-refractivity contribution in [3.05, 3.63) is 11.4 Å². The van der Waals surface area contributed by atoms with Crippen LogP contribution in [0.5, 0.6) is 0 Å². The van der Waals surface area contributed by atoms with Crippen LogP contribution in [0.1, 0.15) is 0 Å². The number of halogens is 1. The fourth-order valence-electron chi connectivity index (χ4n) is 1.05. The number of anilines is 1. The molecule has 0 radical (unpaired) electrons. The summed E-state index contributed by atoms with van der Waals surface area (Å²) in [5, 5.41) is 8.18. The Morgan fingerprint density at radius 1 is 1.60 bits per heavy atom. The van der Waals surface area contributed by atoms with Crippen LogP contribution in [0.4, 0.5) is 5.13 Å². The molecule has 2 rings (SSSR count). The zero-order chi connectivity index (χ0) is 9.97. The molecule has 0 aliphatic carbocycles. The monoisotopic (exact) mass is 263 g/mol. The fraction of sp³-hybridized carbons (Fsp3) is 0.250. The van der Waals surface area contributed by atoms with Crippen molar-refractivity contribution < 1.29 is 4.79 Å². The average molecular weight is 264 g/mol. The van der Waals surface area contributed by atoms with Crippen molar-refractivity contribution >= 4 is 55.6 Å². The van der Waals surface area contributed by atoms with E-state index in [9.17, 15) is 4.79 Å². The number of carbonyl (C=O) groups is 1. The molecule has 0 unspecified atom stereocenters. The van der Waals surface area contributed by atoms with Gasteiger partial charge in [0.1, 0.15) is 4.01 Å². The Balaban J connectivity index is 0.00000112. The van der Waals surface area contributed by atoms with Crippen LogP contribution in [0.15, 0.2) is 11.4 Å². The Kier molecular flexibility index (Phi) is 4.46. The SMILES string of the molecule is CNCC(=O)Nc1nc2ccsc2s1.Cl. The largest absolute Gasteiger partial charge is 0.311 e. The van der Waals surface area contributed by atoms with Crippen molar-refractivity contribution in [3.8, 4) is 0 Å². The van der Waals surface area contributed by atoms with Crippen LogP contribution in [0.3, 0.4) is 0 Å². The molecule has 7 heteroatoms. The van der Waals surface area contributed by atoms with Gasteiger partial charge in [0, 0.05) is 0 Å². The summed E-state index contributed by atoms with van der Waals surface area (Å²) >= 11 is 3.14. The van der Waals surface area contributed by atoms with Crippen molar-refractivity contribution in [2.75, 3.05) is 18.9 Å². The van der Waals surface area contributed by atoms with Crippen molar-refractivity contribution in [2.45, 2.75) is 0 Å². The van der Waals surface area contributed by atoms with Crippen molar-refractivity contribution in [1.82, 2.24) is 10.3 Å². The van der Waals surface area contributed by atoms with Crippen LogP contribution < -0.4 is 10.6 Å². The number of thiophene rings is 1. The summed E-state index contributed by atoms with van der Waals surface area (Å²) < 4.78 is 1.14. The predicted octanol–water partition coefficient (Wildman–Crippen LogP) is 1.94. The highest BCUT2D eigenvalue weighted by atomic mass is 35.5. The molecule has 2 heterocycles. The Labute approximate surface area is 101 Å². The minimum absolute atomic E-state index is 0. The summed E-state index contributed by atoms with van der Waals surface area (Å²) in [4.78, 5) is 15.5. The van der Waals surface area contributed by atoms with Gasteiger partial charge in [-0.2, -0.15) is 0 Å². The Morgan fingerprint density at radius 2 is 2.40 bits per heavy atom. The van der Waals surface area contributed by atoms with E-state index in [-0.39, 0.29) is 18.3 Å². The summed E-state index contributed by atoms with van der Waals surface area (Å²) in [5.74, 6) is -0.0612. The van der Waals surface area contributed by atoms with Gasteiger partial charge < -0.3 is 10.6 Å². The van der Waals surface area contributed by atoms with Crippen LogP contribution in [0.2, 0.25) is 0 Å². The van der Waals surface area contributed by atoms with E-state index >= 15 is 0 Å². The second-order valence-corrected chi connectivity index (χ2v) is 4.86. The first-order valence-corrected chi connectivity index (χ1v) is 5.77. The third-order valence-corrected chi connectivity index (χ3v) is 3.62. The maximum atomic E-state index is 11.2. The molecule has 82 valence electrons. The Morgan fingerprint density at radius 3 is 3.07 bits per heavy atom. The predicted molar refractivity (Wildman–Crippen MR) is 67.3 cm³/mol. The van der Waals surface area contributed by atoms with Gasteiger partial charge in [0.05, 0.1) is 12.1 Å². The van der Waals surface area contributed by atoms with Gasteiger partial charge in [0.2, 0.25) is 5.91 Å². The number of carbonyl (C=O) groups excluding carboxylic acids is 1. The summed E-state index contributed by atoms with van der Waals surface area (Å²) in [6, 6.07) is 1.95. The van der Waals surface area contributed by atoms with E-state index in [1.54, 1.807) is 18.4 Å². The molecule has 0 fully saturated rings. The molecule has 0 atom stereocenters. The van der Waals surface area contributed by atoms with Gasteiger partial charge in [-0.15, -0.1) is 23.7 Å². The second-order valence-electron chi connectivity index (χ2n) is 2.69. The first-order chi connectivity index (χ1) is 6.79. The molecule has 0 bridgehead atoms. The van der Waals surface area contributed by atoms with Gasteiger partial charge >= 0.3 is 0 Å². The van der Waals surface area contributed by atoms with Crippen LogP contribution in [-0.4, -0.2) is 24.5 Å². The summed E-state index contributed by atoms with van der Waals surface area (Å²) in [5.41, 5.74) is 0.958. The summed E-state index contributed by atoms with van der Waals surface area (Å²) in [7, 11) is 1.74. The van der Waals surface area contributed by atoms with Gasteiger partial charge in [0.25, 0.3) is 0 Å². The lowest BCUT2D eigenvalue weighted by Gasteiger charge is -1.98. The molecule has 0 saturated carbocycles. The van der Waals surface area contributed by atoms with E-state index in [1.807, 2.05) is 11.4 Å². The van der Waals surface area contributed by atoms with E-state index in [4.69, 9.17) is 0 Å². The van der Waals surface area contributed by atoms with Crippen molar-refractivity contribution in [1.29, 1.82) is 0 Å². The van der Waals surface area contributed by atoms with Crippen LogP contribution in [-0.2, 0) is 4.79 Å². The minimum atomic E-state index is -0.0612. The number of fused-ring (bicyclic) bond motifs is 1. The first-order valence-electron chi connectivity index (χ1n) is 4.08. The zero-order valence-corrected chi connectivity index (χ0v) is 10.4. The highest BCUT2D eigenvalue weighted by Crippen LogP contribution is 2.29. The number of nitrogens with one attached hydrogen (secondary N) is 2. The molecule has 1 amide bonds. The van der Waals surface area contributed by atoms with E-state index in [0.717, 1.165) is 9.53 Å². The normalized spacial score (nSPS) is 9.93. The number of rotatable bonds is 3. The smallest absolute Gasteiger partial charge is 0.240 e. The molecule has 2 aromatic rings. The van der Waals surface area contributed by atoms with Crippen LogP contribution in [0.25, 0.3) is 9.53 Å². The summed E-state index contributed by atoms with van der Waals surface area (Å²) in [6.45, 7) is 0.313. The quantitative estimate of drug-likeness (QED) is 0.890. The number of amides is 1. The van der Waals surface area contributed by atoms with E-state index in [1.165, 1.54) is 11.3 Å². The molecular formula is C8H10ClN3OS2. The topological polar surface area (TPSA) is 54.0 Å². The van der Waals surface area contributed by atoms with Crippen molar-refractivity contribution in [2.24, 2.45) is 0 Å². The lowest BCUT2D eigenvalue weighted by atomic mass is 10.6. The molecule has 0 aliphatic rings. The van der Waals surface area contributed by atoms with Crippen LogP contribution >= 0.6 is 35.1 Å². The third-order valence-electron chi connectivity index (χ3n) is 1.61. The highest BCUT2D eigenvalue weighted by Gasteiger charge is 2.07. The lowest BCUT2D eigenvalue weighted by Crippen LogP contribution is -2.24. The maximum Gasteiger partial charge on any atom is 0.240 e. The number of thiazole rings is 1. The number of hydrogen-bond donors (Lipinski definition) is 2. The van der Waals surface area contributed by atoms with Gasteiger partial charge in [0.15, 0.2) is 5.13 Å². The molecule has 0 saturated heterocycles. The van der Waals surface area contributed by atoms with Gasteiger partial charge in [-0.1, -0.05) is 11.3 Å². The molecule has 4 nitrogen and oxygen atoms in total. The van der Waals surface area contributed by atoms with E-state index in [2.05, 4.69) is 15.6 Å². The molecule has 0 aromatic carbocycles. The van der Waals surface area contributed by atoms with Crippen molar-refractivity contribution in [3.63, 3.8) is 0 Å². The third kappa shape index (κ3) is 2.88. The molecule has 0 spiro atoms. The molecule has 2 aromatic heterocycles. The molecule has 15 heavy (non-hydrogen) atoms. The maximum absolute atomic E-state index is 11.2. The number of likely N-dealkylation sites (N-methyl/N-ethyl adjacent to an activating group) is 1. The first kappa shape index (κ1) is 12.4. The number of nitrogens with zero attached hydrogens (tertiary/aromatic N) is 1. The highest BCUT2D eigenvalue weighted by molar-refractivity contribution is 7.39. The van der Waals surface area contributed by atoms with E-state index in [0.29, 0.717) is 11.7 Å². The molecule has 2 N–H and O–H groups in total. The number of aromatic nitrogens is 1. The lowest BCUT2D eigenvalue weighted by molar-refractivity contribution is -0.115. The fourth-order valence-corrected chi connectivity index (χ4v) is 2.90. The Bertz CT molecular complexity index is 425. The Hall–Kier alpha value is -0.690. The van der Waals surface area contributed by atoms with Gasteiger partial charge in [-0.3, -0.25) is 4.79 Å². The van der Waals surface area contributed by atoms with Gasteiger partial charge in [-0.25, -0.2) is 4.98 Å². The van der Waals surface area contributed by atoms with Crippen LogP contribution in [0, 0.1) is 0 Å². The minimum Gasteiger partial charge on any atom is -0.311 e. The second kappa shape index (κ2) is 5.41. The molecule has 0 aliphatic heterocycles. The summed E-state index contributed by atoms with van der Waals surface area (Å²) in [6.07, 6.45) is 0. The average Bonchev–Trinajstić information content (AvgIpc) is 2.63.